The summed E-state index contributed by atoms with van der Waals surface area (Å²) in [6.45, 7) is 1.49. The van der Waals surface area contributed by atoms with Crippen LogP contribution in [0.4, 0.5) is 14.9 Å². The fourth-order valence-electron chi connectivity index (χ4n) is 3.83. The molecule has 0 saturated carbocycles. The van der Waals surface area contributed by atoms with Crippen LogP contribution < -0.4 is 24.8 Å². The third-order valence-corrected chi connectivity index (χ3v) is 5.69. The molecule has 3 amide bonds. The van der Waals surface area contributed by atoms with Crippen molar-refractivity contribution in [2.24, 2.45) is 5.92 Å². The van der Waals surface area contributed by atoms with Gasteiger partial charge in [0.25, 0.3) is 0 Å². The maximum Gasteiger partial charge on any atom is 0.321 e. The van der Waals surface area contributed by atoms with E-state index in [-0.39, 0.29) is 23.7 Å². The van der Waals surface area contributed by atoms with Crippen LogP contribution in [0.1, 0.15) is 24.8 Å². The zero-order valence-corrected chi connectivity index (χ0v) is 19.2. The zero-order valence-electron chi connectivity index (χ0n) is 19.2. The van der Waals surface area contributed by atoms with Gasteiger partial charge in [0.2, 0.25) is 11.7 Å². The molecule has 2 aromatic carbocycles. The van der Waals surface area contributed by atoms with Gasteiger partial charge >= 0.3 is 6.03 Å². The molecule has 178 valence electrons. The molecule has 2 aromatic rings. The van der Waals surface area contributed by atoms with Crippen LogP contribution in [0.15, 0.2) is 36.4 Å². The van der Waals surface area contributed by atoms with E-state index in [1.807, 2.05) is 0 Å². The Morgan fingerprint density at radius 2 is 1.61 bits per heavy atom. The molecule has 1 fully saturated rings. The Morgan fingerprint density at radius 1 is 1.00 bits per heavy atom. The van der Waals surface area contributed by atoms with Gasteiger partial charge in [0.05, 0.1) is 27.0 Å². The predicted molar refractivity (Wildman–Crippen MR) is 122 cm³/mol. The molecular formula is C24H30FN3O5. The molecule has 8 nitrogen and oxygen atoms in total. The molecule has 33 heavy (non-hydrogen) atoms. The number of methoxy groups -OCH3 is 3. The highest BCUT2D eigenvalue weighted by Gasteiger charge is 2.25. The lowest BCUT2D eigenvalue weighted by Crippen LogP contribution is -2.41. The van der Waals surface area contributed by atoms with Crippen molar-refractivity contribution in [1.82, 2.24) is 10.2 Å². The van der Waals surface area contributed by atoms with Gasteiger partial charge in [-0.15, -0.1) is 0 Å². The number of rotatable bonds is 8. The summed E-state index contributed by atoms with van der Waals surface area (Å²) in [6, 6.07) is 9.19. The van der Waals surface area contributed by atoms with Crippen molar-refractivity contribution >= 4 is 17.6 Å². The molecule has 1 heterocycles. The molecule has 9 heteroatoms. The quantitative estimate of drug-likeness (QED) is 0.627. The van der Waals surface area contributed by atoms with Crippen LogP contribution >= 0.6 is 0 Å². The van der Waals surface area contributed by atoms with Crippen LogP contribution in [0, 0.1) is 11.7 Å². The lowest BCUT2D eigenvalue weighted by atomic mass is 9.93. The summed E-state index contributed by atoms with van der Waals surface area (Å²) in [5, 5.41) is 5.75. The minimum atomic E-state index is -0.300. The summed E-state index contributed by atoms with van der Waals surface area (Å²) in [5.74, 6) is 1.24. The zero-order chi connectivity index (χ0) is 23.8. The molecule has 0 bridgehead atoms. The monoisotopic (exact) mass is 459 g/mol. The van der Waals surface area contributed by atoms with Gasteiger partial charge in [-0.3, -0.25) is 4.79 Å². The van der Waals surface area contributed by atoms with Crippen molar-refractivity contribution in [2.45, 2.75) is 25.8 Å². The molecule has 0 radical (unpaired) electrons. The summed E-state index contributed by atoms with van der Waals surface area (Å²) in [7, 11) is 4.55. The van der Waals surface area contributed by atoms with E-state index < -0.39 is 0 Å². The second-order valence-corrected chi connectivity index (χ2v) is 7.88. The first-order valence-electron chi connectivity index (χ1n) is 10.8. The van der Waals surface area contributed by atoms with Gasteiger partial charge in [0.15, 0.2) is 11.5 Å². The number of urea groups is 1. The second kappa shape index (κ2) is 11.4. The number of hydrogen-bond acceptors (Lipinski definition) is 5. The number of nitrogens with zero attached hydrogens (tertiary/aromatic N) is 1. The van der Waals surface area contributed by atoms with E-state index >= 15 is 0 Å². The van der Waals surface area contributed by atoms with E-state index in [0.717, 1.165) is 18.4 Å². The number of halogens is 1. The topological polar surface area (TPSA) is 89.1 Å². The van der Waals surface area contributed by atoms with Gasteiger partial charge in [0.1, 0.15) is 5.82 Å². The van der Waals surface area contributed by atoms with Crippen molar-refractivity contribution in [3.05, 3.63) is 47.8 Å². The van der Waals surface area contributed by atoms with E-state index in [2.05, 4.69) is 10.6 Å². The summed E-state index contributed by atoms with van der Waals surface area (Å²) in [6.07, 6.45) is 1.89. The van der Waals surface area contributed by atoms with Gasteiger partial charge in [-0.1, -0.05) is 12.1 Å². The van der Waals surface area contributed by atoms with Gasteiger partial charge in [-0.25, -0.2) is 9.18 Å². The Balaban J connectivity index is 1.47. The van der Waals surface area contributed by atoms with E-state index in [1.54, 1.807) is 29.2 Å². The Hall–Kier alpha value is -3.49. The lowest BCUT2D eigenvalue weighted by Gasteiger charge is -2.31. The van der Waals surface area contributed by atoms with Crippen LogP contribution in [0.5, 0.6) is 17.2 Å². The molecule has 1 aliphatic rings. The Morgan fingerprint density at radius 3 is 2.15 bits per heavy atom. The summed E-state index contributed by atoms with van der Waals surface area (Å²) >= 11 is 0. The molecule has 1 aliphatic heterocycles. The van der Waals surface area contributed by atoms with Gasteiger partial charge in [-0.05, 0) is 36.5 Å². The highest BCUT2D eigenvalue weighted by atomic mass is 19.1. The molecule has 0 atom stereocenters. The predicted octanol–water partition coefficient (Wildman–Crippen LogP) is 3.80. The van der Waals surface area contributed by atoms with E-state index in [4.69, 9.17) is 14.2 Å². The Bertz CT molecular complexity index is 934. The smallest absolute Gasteiger partial charge is 0.321 e. The van der Waals surface area contributed by atoms with Crippen LogP contribution in [0.25, 0.3) is 0 Å². The van der Waals surface area contributed by atoms with Crippen molar-refractivity contribution in [2.75, 3.05) is 39.7 Å². The second-order valence-electron chi connectivity index (χ2n) is 7.88. The van der Waals surface area contributed by atoms with Crippen LogP contribution in [-0.4, -0.2) is 51.3 Å². The molecule has 2 N–H and O–H groups in total. The highest BCUT2D eigenvalue weighted by Crippen LogP contribution is 2.40. The van der Waals surface area contributed by atoms with E-state index in [1.165, 1.54) is 33.5 Å². The summed E-state index contributed by atoms with van der Waals surface area (Å²) < 4.78 is 28.9. The van der Waals surface area contributed by atoms with E-state index in [0.29, 0.717) is 49.0 Å². The number of ether oxygens (including phenoxy) is 3. The summed E-state index contributed by atoms with van der Waals surface area (Å²) in [4.78, 5) is 26.7. The number of amides is 3. The number of nitrogens with one attached hydrogen (secondary N) is 2. The van der Waals surface area contributed by atoms with E-state index in [9.17, 15) is 14.0 Å². The number of anilines is 1. The average Bonchev–Trinajstić information content (AvgIpc) is 2.83. The number of hydrogen-bond donors (Lipinski definition) is 2. The molecule has 0 spiro atoms. The van der Waals surface area contributed by atoms with Crippen LogP contribution in [-0.2, 0) is 11.3 Å². The molecule has 3 rings (SSSR count). The molecule has 0 unspecified atom stereocenters. The minimum absolute atomic E-state index is 0.0420. The number of benzene rings is 2. The molecular weight excluding hydrogens is 429 g/mol. The molecule has 1 saturated heterocycles. The fourth-order valence-corrected chi connectivity index (χ4v) is 3.83. The highest BCUT2D eigenvalue weighted by molar-refractivity contribution is 5.90. The number of carbonyl (C=O) groups excluding carboxylic acids is 2. The molecule has 0 aromatic heterocycles. The van der Waals surface area contributed by atoms with Gasteiger partial charge in [-0.2, -0.15) is 0 Å². The number of piperidine rings is 1. The summed E-state index contributed by atoms with van der Waals surface area (Å²) in [5.41, 5.74) is 1.39. The maximum absolute atomic E-state index is 13.0. The lowest BCUT2D eigenvalue weighted by molar-refractivity contribution is -0.122. The van der Waals surface area contributed by atoms with Crippen molar-refractivity contribution in [3.63, 3.8) is 0 Å². The maximum atomic E-state index is 13.0. The molecule has 0 aliphatic carbocycles. The fraction of sp³-hybridized carbons (Fsp3) is 0.417. The van der Waals surface area contributed by atoms with Crippen molar-refractivity contribution in [1.29, 1.82) is 0 Å². The Kier molecular flexibility index (Phi) is 8.34. The van der Waals surface area contributed by atoms with Crippen molar-refractivity contribution in [3.8, 4) is 17.2 Å². The third-order valence-electron chi connectivity index (χ3n) is 5.69. The van der Waals surface area contributed by atoms with Crippen LogP contribution in [0.3, 0.4) is 0 Å². The Labute approximate surface area is 193 Å². The van der Waals surface area contributed by atoms with Gasteiger partial charge < -0.3 is 29.7 Å². The SMILES string of the molecule is COc1cc(NC(=O)N2CCC(CC(=O)NCc3ccc(F)cc3)CC2)cc(OC)c1OC. The largest absolute Gasteiger partial charge is 0.493 e. The van der Waals surface area contributed by atoms with Gasteiger partial charge in [0, 0.05) is 38.2 Å². The normalized spacial score (nSPS) is 13.9. The van der Waals surface area contributed by atoms with Crippen LogP contribution in [0.2, 0.25) is 0 Å². The first-order valence-corrected chi connectivity index (χ1v) is 10.8. The number of carbonyl (C=O) groups is 2. The average molecular weight is 460 g/mol. The minimum Gasteiger partial charge on any atom is -0.493 e. The first kappa shape index (κ1) is 24.2. The third kappa shape index (κ3) is 6.50. The standard InChI is InChI=1S/C24H30FN3O5/c1-31-20-13-19(14-21(32-2)23(20)33-3)27-24(30)28-10-8-16(9-11-28)12-22(29)26-15-17-4-6-18(25)7-5-17/h4-7,13-14,16H,8-12,15H2,1-3H3,(H,26,29)(H,27,30). The van der Waals surface area contributed by atoms with Crippen molar-refractivity contribution < 1.29 is 28.2 Å². The first-order chi connectivity index (χ1) is 15.9. The number of likely N-dealkylation sites (tertiary alicyclic amines) is 1.